The second-order valence-electron chi connectivity index (χ2n) is 7.12. The highest BCUT2D eigenvalue weighted by molar-refractivity contribution is 7.91. The third kappa shape index (κ3) is 3.93. The molecule has 3 heterocycles. The summed E-state index contributed by atoms with van der Waals surface area (Å²) >= 11 is 0. The van der Waals surface area contributed by atoms with Crippen molar-refractivity contribution in [3.8, 4) is 0 Å². The Hall–Kier alpha value is -0.820. The molecule has 0 radical (unpaired) electrons. The van der Waals surface area contributed by atoms with Crippen molar-refractivity contribution < 1.29 is 13.2 Å². The van der Waals surface area contributed by atoms with E-state index in [1.165, 1.54) is 6.42 Å². The predicted octanol–water partition coefficient (Wildman–Crippen LogP) is 0.685. The number of rotatable bonds is 4. The summed E-state index contributed by atoms with van der Waals surface area (Å²) in [6, 6.07) is 0.620. The first kappa shape index (κ1) is 16.1. The van der Waals surface area contributed by atoms with Crippen molar-refractivity contribution in [3.63, 3.8) is 0 Å². The normalized spacial score (nSPS) is 37.0. The van der Waals surface area contributed by atoms with Gasteiger partial charge in [0.2, 0.25) is 0 Å². The van der Waals surface area contributed by atoms with Gasteiger partial charge in [0.05, 0.1) is 29.8 Å². The summed E-state index contributed by atoms with van der Waals surface area (Å²) in [6.07, 6.45) is 4.78. The molecule has 126 valence electrons. The third-order valence-corrected chi connectivity index (χ3v) is 6.52. The van der Waals surface area contributed by atoms with E-state index in [2.05, 4.69) is 29.5 Å². The highest BCUT2D eigenvalue weighted by Gasteiger charge is 2.41. The Morgan fingerprint density at radius 1 is 1.32 bits per heavy atom. The molecule has 0 saturated carbocycles. The van der Waals surface area contributed by atoms with Crippen LogP contribution in [0.1, 0.15) is 39.5 Å². The number of sulfone groups is 1. The fraction of sp³-hybridized carbons (Fsp3) is 0.933. The lowest BCUT2D eigenvalue weighted by Gasteiger charge is -2.24. The average molecular weight is 329 g/mol. The highest BCUT2D eigenvalue weighted by Crippen LogP contribution is 2.34. The van der Waals surface area contributed by atoms with Gasteiger partial charge in [0.15, 0.2) is 15.8 Å². The number of hydrogen-bond acceptors (Lipinski definition) is 4. The molecule has 7 heteroatoms. The molecule has 0 aromatic heterocycles. The Labute approximate surface area is 133 Å². The number of guanidine groups is 1. The minimum Gasteiger partial charge on any atom is -0.373 e. The van der Waals surface area contributed by atoms with E-state index in [0.717, 1.165) is 25.2 Å². The second kappa shape index (κ2) is 6.35. The molecule has 0 amide bonds. The van der Waals surface area contributed by atoms with Crippen LogP contribution in [-0.2, 0) is 14.6 Å². The maximum Gasteiger partial charge on any atom is 0.191 e. The van der Waals surface area contributed by atoms with Gasteiger partial charge in [-0.25, -0.2) is 8.42 Å². The first-order chi connectivity index (χ1) is 10.4. The number of nitrogens with zero attached hydrogens (tertiary/aromatic N) is 1. The molecule has 2 N–H and O–H groups in total. The molecule has 3 aliphatic rings. The molecule has 0 aromatic rings. The topological polar surface area (TPSA) is 79.8 Å². The fourth-order valence-corrected chi connectivity index (χ4v) is 5.46. The number of aliphatic imine (C=N–C) groups is 1. The van der Waals surface area contributed by atoms with Crippen molar-refractivity contribution in [2.24, 2.45) is 10.9 Å². The molecule has 2 bridgehead atoms. The van der Waals surface area contributed by atoms with E-state index < -0.39 is 9.84 Å². The van der Waals surface area contributed by atoms with Crippen molar-refractivity contribution in [1.29, 1.82) is 0 Å². The molecule has 4 atom stereocenters. The van der Waals surface area contributed by atoms with Crippen LogP contribution in [0.2, 0.25) is 0 Å². The minimum absolute atomic E-state index is 0.159. The van der Waals surface area contributed by atoms with E-state index in [9.17, 15) is 8.42 Å². The summed E-state index contributed by atoms with van der Waals surface area (Å²) in [4.78, 5) is 4.63. The molecule has 3 aliphatic heterocycles. The Kier molecular flexibility index (Phi) is 4.64. The summed E-state index contributed by atoms with van der Waals surface area (Å²) in [6.45, 7) is 4.73. The molecule has 0 aliphatic carbocycles. The monoisotopic (exact) mass is 329 g/mol. The van der Waals surface area contributed by atoms with Gasteiger partial charge in [0, 0.05) is 12.6 Å². The average Bonchev–Trinajstić information content (AvgIpc) is 3.10. The summed E-state index contributed by atoms with van der Waals surface area (Å²) in [7, 11) is -2.83. The lowest BCUT2D eigenvalue weighted by molar-refractivity contribution is 0.0992. The van der Waals surface area contributed by atoms with Gasteiger partial charge >= 0.3 is 0 Å². The summed E-state index contributed by atoms with van der Waals surface area (Å²) in [5.41, 5.74) is 0. The SMILES string of the molecule is CC(C)NC(=NCC1CCS(=O)(=O)C1)NC1CC2CCC1O2. The van der Waals surface area contributed by atoms with Crippen LogP contribution in [0.4, 0.5) is 0 Å². The molecular formula is C15H27N3O3S. The van der Waals surface area contributed by atoms with Crippen molar-refractivity contribution in [3.05, 3.63) is 0 Å². The zero-order valence-corrected chi connectivity index (χ0v) is 14.2. The van der Waals surface area contributed by atoms with Crippen LogP contribution in [0.25, 0.3) is 0 Å². The molecular weight excluding hydrogens is 302 g/mol. The predicted molar refractivity (Wildman–Crippen MR) is 86.8 cm³/mol. The van der Waals surface area contributed by atoms with Gasteiger partial charge in [-0.05, 0) is 45.4 Å². The van der Waals surface area contributed by atoms with E-state index in [0.29, 0.717) is 30.5 Å². The summed E-state index contributed by atoms with van der Waals surface area (Å²) in [5.74, 6) is 1.55. The van der Waals surface area contributed by atoms with E-state index in [1.807, 2.05) is 0 Å². The number of hydrogen-bond donors (Lipinski definition) is 2. The Morgan fingerprint density at radius 2 is 2.14 bits per heavy atom. The minimum atomic E-state index is -2.83. The van der Waals surface area contributed by atoms with Gasteiger partial charge in [-0.2, -0.15) is 0 Å². The van der Waals surface area contributed by atoms with Gasteiger partial charge in [0.25, 0.3) is 0 Å². The zero-order chi connectivity index (χ0) is 15.7. The first-order valence-corrected chi connectivity index (χ1v) is 10.2. The van der Waals surface area contributed by atoms with E-state index in [-0.39, 0.29) is 17.7 Å². The molecule has 3 saturated heterocycles. The standard InChI is InChI=1S/C15H27N3O3S/c1-10(2)17-15(16-8-11-5-6-22(19,20)9-11)18-13-7-12-3-4-14(13)21-12/h10-14H,3-9H2,1-2H3,(H2,16,17,18). The lowest BCUT2D eigenvalue weighted by atomic mass is 9.96. The van der Waals surface area contributed by atoms with Crippen molar-refractivity contribution in [2.75, 3.05) is 18.1 Å². The van der Waals surface area contributed by atoms with Crippen LogP contribution in [0.15, 0.2) is 4.99 Å². The highest BCUT2D eigenvalue weighted by atomic mass is 32.2. The lowest BCUT2D eigenvalue weighted by Crippen LogP contribution is -2.49. The largest absolute Gasteiger partial charge is 0.373 e. The Bertz CT molecular complexity index is 532. The third-order valence-electron chi connectivity index (χ3n) is 4.69. The molecule has 3 rings (SSSR count). The molecule has 0 aromatic carbocycles. The van der Waals surface area contributed by atoms with Crippen LogP contribution in [0.3, 0.4) is 0 Å². The van der Waals surface area contributed by atoms with Gasteiger partial charge in [-0.1, -0.05) is 0 Å². The number of ether oxygens (including phenoxy) is 1. The summed E-state index contributed by atoms with van der Waals surface area (Å²) < 4.78 is 28.9. The quantitative estimate of drug-likeness (QED) is 0.586. The smallest absolute Gasteiger partial charge is 0.191 e. The van der Waals surface area contributed by atoms with Gasteiger partial charge in [-0.3, -0.25) is 4.99 Å². The molecule has 6 nitrogen and oxygen atoms in total. The van der Waals surface area contributed by atoms with E-state index in [4.69, 9.17) is 4.74 Å². The second-order valence-corrected chi connectivity index (χ2v) is 9.35. The van der Waals surface area contributed by atoms with E-state index in [1.54, 1.807) is 0 Å². The first-order valence-electron chi connectivity index (χ1n) is 8.35. The van der Waals surface area contributed by atoms with Crippen LogP contribution in [-0.4, -0.2) is 56.7 Å². The van der Waals surface area contributed by atoms with Gasteiger partial charge in [-0.15, -0.1) is 0 Å². The van der Waals surface area contributed by atoms with Crippen LogP contribution >= 0.6 is 0 Å². The maximum absolute atomic E-state index is 11.5. The van der Waals surface area contributed by atoms with Gasteiger partial charge < -0.3 is 15.4 Å². The van der Waals surface area contributed by atoms with Crippen molar-refractivity contribution in [2.45, 2.75) is 63.8 Å². The Balaban J connectivity index is 1.58. The number of fused-ring (bicyclic) bond motifs is 2. The van der Waals surface area contributed by atoms with Crippen LogP contribution in [0.5, 0.6) is 0 Å². The van der Waals surface area contributed by atoms with Crippen LogP contribution < -0.4 is 10.6 Å². The fourth-order valence-electron chi connectivity index (χ4n) is 3.61. The van der Waals surface area contributed by atoms with Gasteiger partial charge in [0.1, 0.15) is 0 Å². The number of nitrogens with one attached hydrogen (secondary N) is 2. The summed E-state index contributed by atoms with van der Waals surface area (Å²) in [5, 5.41) is 6.83. The van der Waals surface area contributed by atoms with E-state index >= 15 is 0 Å². The maximum atomic E-state index is 11.5. The zero-order valence-electron chi connectivity index (χ0n) is 13.4. The van der Waals surface area contributed by atoms with Crippen molar-refractivity contribution >= 4 is 15.8 Å². The Morgan fingerprint density at radius 3 is 2.68 bits per heavy atom. The molecule has 3 fully saturated rings. The van der Waals surface area contributed by atoms with Crippen molar-refractivity contribution in [1.82, 2.24) is 10.6 Å². The molecule has 22 heavy (non-hydrogen) atoms. The van der Waals surface area contributed by atoms with Crippen LogP contribution in [0, 0.1) is 5.92 Å². The molecule has 4 unspecified atom stereocenters. The molecule has 0 spiro atoms.